The highest BCUT2D eigenvalue weighted by Gasteiger charge is 2.10. The van der Waals surface area contributed by atoms with Crippen LogP contribution in [0.25, 0.3) is 11.3 Å². The summed E-state index contributed by atoms with van der Waals surface area (Å²) in [7, 11) is 0. The summed E-state index contributed by atoms with van der Waals surface area (Å²) in [4.78, 5) is 10.3. The molecule has 6 nitrogen and oxygen atoms in total. The fourth-order valence-electron chi connectivity index (χ4n) is 2.57. The van der Waals surface area contributed by atoms with E-state index in [-0.39, 0.29) is 5.69 Å². The third kappa shape index (κ3) is 5.35. The van der Waals surface area contributed by atoms with Gasteiger partial charge in [0.05, 0.1) is 22.2 Å². The van der Waals surface area contributed by atoms with Crippen molar-refractivity contribution in [3.05, 3.63) is 78.4 Å². The van der Waals surface area contributed by atoms with Crippen LogP contribution in [0.4, 0.5) is 11.4 Å². The second kappa shape index (κ2) is 9.56. The van der Waals surface area contributed by atoms with Crippen LogP contribution >= 0.6 is 43.5 Å². The maximum atomic E-state index is 10.7. The number of nitro benzene ring substituents is 1. The normalized spacial score (nSPS) is 10.8. The maximum absolute atomic E-state index is 10.7. The first-order valence-electron chi connectivity index (χ1n) is 8.36. The van der Waals surface area contributed by atoms with Crippen molar-refractivity contribution in [2.24, 2.45) is 0 Å². The highest BCUT2D eigenvalue weighted by atomic mass is 79.9. The molecule has 2 N–H and O–H groups in total. The van der Waals surface area contributed by atoms with Crippen molar-refractivity contribution in [3.63, 3.8) is 0 Å². The molecular weight excluding hydrogens is 513 g/mol. The van der Waals surface area contributed by atoms with E-state index in [1.54, 1.807) is 6.07 Å². The van der Waals surface area contributed by atoms with Crippen LogP contribution in [0.2, 0.25) is 5.02 Å². The van der Waals surface area contributed by atoms with Crippen LogP contribution < -0.4 is 10.6 Å². The molecule has 3 aromatic rings. The quantitative estimate of drug-likeness (QED) is 0.205. The van der Waals surface area contributed by atoms with Crippen LogP contribution in [0.15, 0.2) is 61.9 Å². The Kier molecular flexibility index (Phi) is 7.12. The van der Waals surface area contributed by atoms with Gasteiger partial charge in [0.2, 0.25) is 0 Å². The van der Waals surface area contributed by atoms with E-state index in [2.05, 4.69) is 42.5 Å². The molecule has 0 saturated carbocycles. The van der Waals surface area contributed by atoms with E-state index in [0.717, 1.165) is 26.0 Å². The molecule has 0 bridgehead atoms. The standard InChI is InChI=1S/C19H16Br2ClN3O3/c20-12-1-4-15(16(21)9-12)19-6-3-14(28-19)11-23-7-8-24-18-5-2-13(25(26)27)10-17(18)22/h1-6,9-10,23-24H,7-8,11H2. The van der Waals surface area contributed by atoms with Crippen molar-refractivity contribution >= 4 is 54.8 Å². The predicted molar refractivity (Wildman–Crippen MR) is 118 cm³/mol. The third-order valence-electron chi connectivity index (χ3n) is 3.94. The van der Waals surface area contributed by atoms with Crippen LogP contribution in [-0.2, 0) is 6.54 Å². The molecule has 3 rings (SSSR count). The molecule has 146 valence electrons. The van der Waals surface area contributed by atoms with Gasteiger partial charge in [0.15, 0.2) is 0 Å². The highest BCUT2D eigenvalue weighted by molar-refractivity contribution is 9.11. The Bertz CT molecular complexity index is 994. The van der Waals surface area contributed by atoms with Crippen molar-refractivity contribution in [2.45, 2.75) is 6.54 Å². The predicted octanol–water partition coefficient (Wildman–Crippen LogP) is 6.23. The Morgan fingerprint density at radius 2 is 1.89 bits per heavy atom. The van der Waals surface area contributed by atoms with Crippen LogP contribution in [0, 0.1) is 10.1 Å². The van der Waals surface area contributed by atoms with E-state index in [0.29, 0.717) is 30.3 Å². The number of rotatable bonds is 8. The lowest BCUT2D eigenvalue weighted by Crippen LogP contribution is -2.21. The van der Waals surface area contributed by atoms with Crippen LogP contribution in [0.5, 0.6) is 0 Å². The maximum Gasteiger partial charge on any atom is 0.271 e. The van der Waals surface area contributed by atoms with Gasteiger partial charge in [0.25, 0.3) is 5.69 Å². The number of benzene rings is 2. The minimum Gasteiger partial charge on any atom is -0.460 e. The van der Waals surface area contributed by atoms with Gasteiger partial charge in [0, 0.05) is 39.7 Å². The average molecular weight is 530 g/mol. The molecule has 0 saturated heterocycles. The summed E-state index contributed by atoms with van der Waals surface area (Å²) < 4.78 is 7.85. The van der Waals surface area contributed by atoms with E-state index in [4.69, 9.17) is 16.0 Å². The zero-order valence-corrected chi connectivity index (χ0v) is 18.5. The van der Waals surface area contributed by atoms with Gasteiger partial charge in [-0.1, -0.05) is 27.5 Å². The molecule has 0 radical (unpaired) electrons. The molecule has 9 heteroatoms. The molecule has 0 spiro atoms. The molecule has 2 aromatic carbocycles. The zero-order valence-electron chi connectivity index (χ0n) is 14.5. The van der Waals surface area contributed by atoms with E-state index in [1.807, 2.05) is 30.3 Å². The molecule has 0 unspecified atom stereocenters. The van der Waals surface area contributed by atoms with Gasteiger partial charge in [-0.25, -0.2) is 0 Å². The Hall–Kier alpha value is -1.87. The van der Waals surface area contributed by atoms with E-state index in [9.17, 15) is 10.1 Å². The molecule has 1 heterocycles. The Balaban J connectivity index is 1.47. The smallest absolute Gasteiger partial charge is 0.271 e. The summed E-state index contributed by atoms with van der Waals surface area (Å²) in [5.74, 6) is 1.63. The SMILES string of the molecule is O=[N+]([O-])c1ccc(NCCNCc2ccc(-c3ccc(Br)cc3Br)o2)c(Cl)c1. The van der Waals surface area contributed by atoms with E-state index in [1.165, 1.54) is 12.1 Å². The molecule has 0 aliphatic rings. The number of non-ortho nitro benzene ring substituents is 1. The van der Waals surface area contributed by atoms with Gasteiger partial charge >= 0.3 is 0 Å². The monoisotopic (exact) mass is 527 g/mol. The number of hydrogen-bond acceptors (Lipinski definition) is 5. The molecule has 0 aliphatic heterocycles. The number of nitro groups is 1. The number of anilines is 1. The van der Waals surface area contributed by atoms with Crippen LogP contribution in [0.1, 0.15) is 5.76 Å². The Morgan fingerprint density at radius 3 is 2.61 bits per heavy atom. The minimum atomic E-state index is -0.471. The van der Waals surface area contributed by atoms with Crippen molar-refractivity contribution < 1.29 is 9.34 Å². The first kappa shape index (κ1) is 20.9. The lowest BCUT2D eigenvalue weighted by Gasteiger charge is -2.08. The topological polar surface area (TPSA) is 80.3 Å². The fraction of sp³-hybridized carbons (Fsp3) is 0.158. The lowest BCUT2D eigenvalue weighted by atomic mass is 10.2. The molecule has 0 fully saturated rings. The van der Waals surface area contributed by atoms with Crippen LogP contribution in [-0.4, -0.2) is 18.0 Å². The van der Waals surface area contributed by atoms with E-state index >= 15 is 0 Å². The highest BCUT2D eigenvalue weighted by Crippen LogP contribution is 2.32. The molecule has 28 heavy (non-hydrogen) atoms. The number of nitrogens with zero attached hydrogens (tertiary/aromatic N) is 1. The minimum absolute atomic E-state index is 0.0280. The summed E-state index contributed by atoms with van der Waals surface area (Å²) in [5.41, 5.74) is 1.62. The average Bonchev–Trinajstić information content (AvgIpc) is 3.11. The van der Waals surface area contributed by atoms with Gasteiger partial charge in [-0.15, -0.1) is 0 Å². The van der Waals surface area contributed by atoms with Crippen molar-refractivity contribution in [1.82, 2.24) is 5.32 Å². The third-order valence-corrected chi connectivity index (χ3v) is 5.40. The second-order valence-corrected chi connectivity index (χ2v) is 8.09. The first-order valence-corrected chi connectivity index (χ1v) is 10.3. The summed E-state index contributed by atoms with van der Waals surface area (Å²) in [6, 6.07) is 14.2. The Labute approximate surface area is 183 Å². The summed E-state index contributed by atoms with van der Waals surface area (Å²) in [6.07, 6.45) is 0. The van der Waals surface area contributed by atoms with Gasteiger partial charge in [-0.3, -0.25) is 10.1 Å². The number of halogens is 3. The molecule has 0 amide bonds. The first-order chi connectivity index (χ1) is 13.4. The molecular formula is C19H16Br2ClN3O3. The van der Waals surface area contributed by atoms with Crippen molar-refractivity contribution in [2.75, 3.05) is 18.4 Å². The summed E-state index contributed by atoms with van der Waals surface area (Å²) in [6.45, 7) is 1.87. The Morgan fingerprint density at radius 1 is 1.07 bits per heavy atom. The van der Waals surface area contributed by atoms with Gasteiger partial charge in [0.1, 0.15) is 11.5 Å². The van der Waals surface area contributed by atoms with Gasteiger partial charge < -0.3 is 15.1 Å². The van der Waals surface area contributed by atoms with Gasteiger partial charge in [-0.2, -0.15) is 0 Å². The summed E-state index contributed by atoms with van der Waals surface area (Å²) >= 11 is 13.0. The molecule has 0 atom stereocenters. The number of furan rings is 1. The van der Waals surface area contributed by atoms with Crippen molar-refractivity contribution in [3.8, 4) is 11.3 Å². The van der Waals surface area contributed by atoms with Crippen molar-refractivity contribution in [1.29, 1.82) is 0 Å². The lowest BCUT2D eigenvalue weighted by molar-refractivity contribution is -0.384. The molecule has 1 aromatic heterocycles. The molecule has 0 aliphatic carbocycles. The van der Waals surface area contributed by atoms with Crippen LogP contribution in [0.3, 0.4) is 0 Å². The largest absolute Gasteiger partial charge is 0.460 e. The van der Waals surface area contributed by atoms with Gasteiger partial charge in [-0.05, 0) is 52.3 Å². The zero-order chi connectivity index (χ0) is 20.1. The van der Waals surface area contributed by atoms with E-state index < -0.39 is 4.92 Å². The number of nitrogens with one attached hydrogen (secondary N) is 2. The fourth-order valence-corrected chi connectivity index (χ4v) is 4.05. The second-order valence-electron chi connectivity index (χ2n) is 5.91. The number of hydrogen-bond donors (Lipinski definition) is 2. The summed E-state index contributed by atoms with van der Waals surface area (Å²) in [5, 5.41) is 17.5.